The molecule has 3 aromatic rings. The molecule has 1 atom stereocenters. The Balaban J connectivity index is 1.45. The molecule has 1 unspecified atom stereocenters. The highest BCUT2D eigenvalue weighted by atomic mass is 32.1. The van der Waals surface area contributed by atoms with E-state index >= 15 is 8.78 Å². The molecule has 9 nitrogen and oxygen atoms in total. The number of aromatic nitrogens is 1. The number of halogens is 8. The molecule has 2 amide bonds. The molecule has 1 fully saturated rings. The Labute approximate surface area is 310 Å². The summed E-state index contributed by atoms with van der Waals surface area (Å²) in [6, 6.07) is 6.37. The second kappa shape index (κ2) is 15.5. The lowest BCUT2D eigenvalue weighted by atomic mass is 9.88. The van der Waals surface area contributed by atoms with Crippen LogP contribution in [0.3, 0.4) is 0 Å². The summed E-state index contributed by atoms with van der Waals surface area (Å²) in [7, 11) is 0. The van der Waals surface area contributed by atoms with Crippen LogP contribution < -0.4 is 19.9 Å². The first kappa shape index (κ1) is 41.9. The number of alkyl halides is 5. The van der Waals surface area contributed by atoms with E-state index in [0.29, 0.717) is 11.0 Å². The van der Waals surface area contributed by atoms with E-state index in [9.17, 15) is 35.9 Å². The Morgan fingerprint density at radius 2 is 1.72 bits per heavy atom. The van der Waals surface area contributed by atoms with Gasteiger partial charge < -0.3 is 19.7 Å². The van der Waals surface area contributed by atoms with Crippen molar-refractivity contribution in [3.8, 4) is 23.1 Å². The number of amides is 2. The zero-order valence-corrected chi connectivity index (χ0v) is 30.6. The van der Waals surface area contributed by atoms with Crippen LogP contribution in [0.1, 0.15) is 59.1 Å². The summed E-state index contributed by atoms with van der Waals surface area (Å²) >= 11 is 5.35. The average molecular weight is 786 g/mol. The van der Waals surface area contributed by atoms with Gasteiger partial charge in [-0.15, -0.1) is 0 Å². The van der Waals surface area contributed by atoms with Gasteiger partial charge in [-0.25, -0.2) is 22.0 Å². The topological polar surface area (TPSA) is 108 Å². The number of ether oxygens (including phenoxy) is 2. The van der Waals surface area contributed by atoms with Crippen LogP contribution in [-0.2, 0) is 20.5 Å². The van der Waals surface area contributed by atoms with Gasteiger partial charge in [0.05, 0.1) is 35.8 Å². The summed E-state index contributed by atoms with van der Waals surface area (Å²) in [4.78, 5) is 31.0. The van der Waals surface area contributed by atoms with E-state index in [0.717, 1.165) is 41.4 Å². The third-order valence-corrected chi connectivity index (χ3v) is 9.05. The molecular weight excluding hydrogens is 750 g/mol. The van der Waals surface area contributed by atoms with Crippen molar-refractivity contribution in [2.24, 2.45) is 5.41 Å². The number of benzene rings is 2. The number of carbonyl (C=O) groups is 2. The van der Waals surface area contributed by atoms with Gasteiger partial charge in [-0.3, -0.25) is 19.5 Å². The molecule has 0 bridgehead atoms. The van der Waals surface area contributed by atoms with Crippen molar-refractivity contribution < 1.29 is 54.2 Å². The second-order valence-electron chi connectivity index (χ2n) is 14.0. The maximum Gasteiger partial charge on any atom is 0.420 e. The van der Waals surface area contributed by atoms with E-state index in [1.165, 1.54) is 19.9 Å². The molecule has 0 aliphatic carbocycles. The summed E-state index contributed by atoms with van der Waals surface area (Å²) in [6.07, 6.45) is -5.07. The molecule has 1 N–H and O–H groups in total. The number of rotatable bonds is 12. The molecule has 0 spiro atoms. The third kappa shape index (κ3) is 8.90. The first-order valence-electron chi connectivity index (χ1n) is 16.2. The molecule has 0 saturated carbocycles. The molecule has 0 radical (unpaired) electrons. The number of hydrogen-bond donors (Lipinski definition) is 1. The number of nitrogens with zero attached hydrogens (tertiary/aromatic N) is 4. The standard InChI is InChI=1S/C36H35F8N5O4S/c1-19(33(2,3)4)47-27(50)17-52-12-11-35(40,41)18-53-26-10-8-20(13-23(26)37)30-24(38)14-22(16-46-30)49-32(54)48(31(51)34(49,5)6)25-9-7-21(15-45)28(29(25)39)36(42,43)44/h7-10,13-14,16,19H,11-12,17-18H2,1-6H3,(H,47,50). The number of nitriles is 1. The van der Waals surface area contributed by atoms with E-state index in [-0.39, 0.29) is 22.7 Å². The highest BCUT2D eigenvalue weighted by Gasteiger charge is 2.52. The van der Waals surface area contributed by atoms with Crippen molar-refractivity contribution in [1.29, 1.82) is 5.26 Å². The molecule has 1 saturated heterocycles. The lowest BCUT2D eigenvalue weighted by Crippen LogP contribution is -2.44. The molecule has 1 aliphatic heterocycles. The fourth-order valence-electron chi connectivity index (χ4n) is 5.22. The Kier molecular flexibility index (Phi) is 12.0. The van der Waals surface area contributed by atoms with Crippen LogP contribution >= 0.6 is 12.2 Å². The van der Waals surface area contributed by atoms with Crippen LogP contribution in [0, 0.1) is 34.2 Å². The number of hydrogen-bond acceptors (Lipinski definition) is 7. The van der Waals surface area contributed by atoms with Crippen LogP contribution in [0.4, 0.5) is 46.5 Å². The lowest BCUT2D eigenvalue weighted by Gasteiger charge is -2.29. The minimum absolute atomic E-state index is 0.136. The molecule has 2 aromatic carbocycles. The van der Waals surface area contributed by atoms with Crippen LogP contribution in [0.5, 0.6) is 5.75 Å². The first-order valence-corrected chi connectivity index (χ1v) is 16.6. The summed E-state index contributed by atoms with van der Waals surface area (Å²) in [5, 5.41) is 11.3. The quantitative estimate of drug-likeness (QED) is 0.112. The molecule has 1 aromatic heterocycles. The van der Waals surface area contributed by atoms with Crippen molar-refractivity contribution in [3.63, 3.8) is 0 Å². The molecule has 18 heteroatoms. The average Bonchev–Trinajstić information content (AvgIpc) is 3.23. The number of nitrogens with one attached hydrogen (secondary N) is 1. The van der Waals surface area contributed by atoms with Crippen molar-refractivity contribution in [2.75, 3.05) is 29.6 Å². The number of anilines is 2. The molecule has 2 heterocycles. The third-order valence-electron chi connectivity index (χ3n) is 8.69. The van der Waals surface area contributed by atoms with Gasteiger partial charge in [-0.1, -0.05) is 20.8 Å². The monoisotopic (exact) mass is 785 g/mol. The lowest BCUT2D eigenvalue weighted by molar-refractivity contribution is -0.140. The van der Waals surface area contributed by atoms with Gasteiger partial charge in [0.2, 0.25) is 5.91 Å². The Morgan fingerprint density at radius 1 is 1.06 bits per heavy atom. The SMILES string of the molecule is CC(NC(=O)COCCC(F)(F)COc1ccc(-c2ncc(N3C(=S)N(c4ccc(C#N)c(C(F)(F)F)c4F)C(=O)C3(C)C)cc2F)cc1F)C(C)(C)C. The van der Waals surface area contributed by atoms with E-state index in [1.807, 2.05) is 20.8 Å². The predicted molar refractivity (Wildman–Crippen MR) is 185 cm³/mol. The summed E-state index contributed by atoms with van der Waals surface area (Å²) in [5.74, 6) is -9.58. The predicted octanol–water partition coefficient (Wildman–Crippen LogP) is 7.94. The van der Waals surface area contributed by atoms with E-state index in [4.69, 9.17) is 27.0 Å². The maximum absolute atomic E-state index is 15.5. The Bertz CT molecular complexity index is 1990. The van der Waals surface area contributed by atoms with Crippen LogP contribution in [0.15, 0.2) is 42.6 Å². The zero-order chi connectivity index (χ0) is 40.6. The largest absolute Gasteiger partial charge is 0.484 e. The Morgan fingerprint density at radius 3 is 2.30 bits per heavy atom. The smallest absolute Gasteiger partial charge is 0.420 e. The minimum Gasteiger partial charge on any atom is -0.484 e. The Hall–Kier alpha value is -4.89. The molecule has 4 rings (SSSR count). The summed E-state index contributed by atoms with van der Waals surface area (Å²) in [6.45, 7) is 8.04. The fraction of sp³-hybridized carbons (Fsp3) is 0.417. The van der Waals surface area contributed by atoms with Gasteiger partial charge in [0.15, 0.2) is 34.9 Å². The highest BCUT2D eigenvalue weighted by molar-refractivity contribution is 7.81. The van der Waals surface area contributed by atoms with Crippen LogP contribution in [0.2, 0.25) is 0 Å². The van der Waals surface area contributed by atoms with E-state index in [2.05, 4.69) is 10.3 Å². The van der Waals surface area contributed by atoms with Crippen molar-refractivity contribution >= 4 is 40.5 Å². The maximum atomic E-state index is 15.5. The number of pyridine rings is 1. The summed E-state index contributed by atoms with van der Waals surface area (Å²) in [5.41, 5.74) is -6.42. The van der Waals surface area contributed by atoms with Gasteiger partial charge >= 0.3 is 6.18 Å². The number of carbonyl (C=O) groups excluding carboxylic acids is 2. The van der Waals surface area contributed by atoms with Gasteiger partial charge in [0.25, 0.3) is 11.8 Å². The molecule has 54 heavy (non-hydrogen) atoms. The van der Waals surface area contributed by atoms with Gasteiger partial charge in [-0.05, 0) is 68.7 Å². The van der Waals surface area contributed by atoms with E-state index < -0.39 is 107 Å². The molecule has 1 aliphatic rings. The van der Waals surface area contributed by atoms with Crippen molar-refractivity contribution in [2.45, 2.75) is 71.6 Å². The van der Waals surface area contributed by atoms with Crippen LogP contribution in [-0.4, -0.2) is 59.2 Å². The normalized spacial score (nSPS) is 15.4. The van der Waals surface area contributed by atoms with Gasteiger partial charge in [0.1, 0.15) is 23.4 Å². The fourth-order valence-corrected chi connectivity index (χ4v) is 5.73. The highest BCUT2D eigenvalue weighted by Crippen LogP contribution is 2.42. The van der Waals surface area contributed by atoms with Gasteiger partial charge in [0, 0.05) is 24.1 Å². The minimum atomic E-state index is -5.29. The van der Waals surface area contributed by atoms with Gasteiger partial charge in [-0.2, -0.15) is 18.4 Å². The van der Waals surface area contributed by atoms with Crippen LogP contribution in [0.25, 0.3) is 11.3 Å². The molecular formula is C36H35F8N5O4S. The first-order chi connectivity index (χ1) is 24.9. The summed E-state index contributed by atoms with van der Waals surface area (Å²) < 4.78 is 126. The van der Waals surface area contributed by atoms with Crippen molar-refractivity contribution in [3.05, 3.63) is 71.2 Å². The van der Waals surface area contributed by atoms with E-state index in [1.54, 1.807) is 6.92 Å². The molecule has 290 valence electrons. The second-order valence-corrected chi connectivity index (χ2v) is 14.4. The van der Waals surface area contributed by atoms with Crippen molar-refractivity contribution in [1.82, 2.24) is 10.3 Å². The zero-order valence-electron chi connectivity index (χ0n) is 29.8. The number of thiocarbonyl (C=S) groups is 1.